The van der Waals surface area contributed by atoms with Gasteiger partial charge in [0.05, 0.1) is 6.57 Å². The van der Waals surface area contributed by atoms with Crippen LogP contribution in [0.3, 0.4) is 0 Å². The lowest BCUT2D eigenvalue weighted by atomic mass is 10.3. The maximum absolute atomic E-state index is 11.7. The highest BCUT2D eigenvalue weighted by atomic mass is 31.2. The van der Waals surface area contributed by atoms with E-state index >= 15 is 0 Å². The van der Waals surface area contributed by atoms with E-state index in [0.717, 1.165) is 0 Å². The third-order valence-corrected chi connectivity index (χ3v) is 3.28. The molecule has 0 unspecified atom stereocenters. The minimum atomic E-state index is -2.28. The van der Waals surface area contributed by atoms with Gasteiger partial charge in [-0.1, -0.05) is 6.07 Å². The topological polar surface area (TPSA) is 47.5 Å². The van der Waals surface area contributed by atoms with E-state index in [9.17, 15) is 4.57 Å². The number of benzene rings is 1. The first kappa shape index (κ1) is 9.83. The summed E-state index contributed by atoms with van der Waals surface area (Å²) in [6, 6.07) is 4.94. The van der Waals surface area contributed by atoms with Crippen molar-refractivity contribution in [2.45, 2.75) is 0 Å². The molecule has 0 saturated heterocycles. The van der Waals surface area contributed by atoms with E-state index in [-0.39, 0.29) is 0 Å². The van der Waals surface area contributed by atoms with Gasteiger partial charge in [-0.15, -0.1) is 0 Å². The van der Waals surface area contributed by atoms with Crippen molar-refractivity contribution in [1.82, 2.24) is 0 Å². The van der Waals surface area contributed by atoms with Gasteiger partial charge in [-0.3, -0.25) is 0 Å². The Morgan fingerprint density at radius 1 is 1.46 bits per heavy atom. The average Bonchev–Trinajstić information content (AvgIpc) is 2.03. The molecule has 4 heteroatoms. The van der Waals surface area contributed by atoms with Crippen LogP contribution in [0.1, 0.15) is 0 Å². The van der Waals surface area contributed by atoms with Gasteiger partial charge in [-0.05, 0) is 25.5 Å². The van der Waals surface area contributed by atoms with Gasteiger partial charge in [-0.2, -0.15) is 0 Å². The van der Waals surface area contributed by atoms with Crippen LogP contribution in [0.2, 0.25) is 0 Å². The number of rotatable bonds is 1. The summed E-state index contributed by atoms with van der Waals surface area (Å²) in [4.78, 5) is 3.25. The SMILES string of the molecule is [C-]#[N+]c1cc(P(C)(C)=O)ccc1N. The summed E-state index contributed by atoms with van der Waals surface area (Å²) >= 11 is 0. The number of anilines is 1. The Morgan fingerprint density at radius 2 is 2.08 bits per heavy atom. The quantitative estimate of drug-likeness (QED) is 0.422. The van der Waals surface area contributed by atoms with E-state index in [1.165, 1.54) is 0 Å². The summed E-state index contributed by atoms with van der Waals surface area (Å²) in [5.41, 5.74) is 6.35. The van der Waals surface area contributed by atoms with E-state index < -0.39 is 7.14 Å². The van der Waals surface area contributed by atoms with Gasteiger partial charge in [0, 0.05) is 11.0 Å². The van der Waals surface area contributed by atoms with E-state index in [4.69, 9.17) is 12.3 Å². The molecule has 0 atom stereocenters. The lowest BCUT2D eigenvalue weighted by molar-refractivity contribution is 0.588. The number of hydrogen-bond donors (Lipinski definition) is 1. The third kappa shape index (κ3) is 2.11. The standard InChI is InChI=1S/C9H11N2OP/c1-11-9-6-7(13(2,3)12)4-5-8(9)10/h4-6H,10H2,2-3H3. The molecule has 1 rings (SSSR count). The highest BCUT2D eigenvalue weighted by Crippen LogP contribution is 2.36. The van der Waals surface area contributed by atoms with Gasteiger partial charge in [0.25, 0.3) is 0 Å². The lowest BCUT2D eigenvalue weighted by Gasteiger charge is -2.07. The molecule has 3 nitrogen and oxygen atoms in total. The molecular weight excluding hydrogens is 183 g/mol. The van der Waals surface area contributed by atoms with Crippen LogP contribution in [-0.2, 0) is 4.57 Å². The molecular formula is C9H11N2OP. The Bertz CT molecular complexity index is 414. The molecule has 0 aliphatic rings. The monoisotopic (exact) mass is 194 g/mol. The predicted octanol–water partition coefficient (Wildman–Crippen LogP) is 2.07. The second-order valence-electron chi connectivity index (χ2n) is 3.21. The zero-order valence-corrected chi connectivity index (χ0v) is 8.51. The van der Waals surface area contributed by atoms with Crippen LogP contribution in [0.4, 0.5) is 11.4 Å². The minimum Gasteiger partial charge on any atom is -0.407 e. The van der Waals surface area contributed by atoms with Crippen molar-refractivity contribution in [3.05, 3.63) is 29.6 Å². The van der Waals surface area contributed by atoms with Crippen molar-refractivity contribution in [3.63, 3.8) is 0 Å². The molecule has 0 saturated carbocycles. The number of nitrogens with two attached hydrogens (primary N) is 1. The fourth-order valence-electron chi connectivity index (χ4n) is 0.964. The van der Waals surface area contributed by atoms with Gasteiger partial charge >= 0.3 is 0 Å². The molecule has 2 N–H and O–H groups in total. The maximum Gasteiger partial charge on any atom is 0.210 e. The molecule has 1 aromatic carbocycles. The third-order valence-electron chi connectivity index (χ3n) is 1.76. The fraction of sp³-hybridized carbons (Fsp3) is 0.222. The predicted molar refractivity (Wildman–Crippen MR) is 56.2 cm³/mol. The van der Waals surface area contributed by atoms with Crippen molar-refractivity contribution < 1.29 is 4.57 Å². The Hall–Kier alpha value is -1.26. The lowest BCUT2D eigenvalue weighted by Crippen LogP contribution is -2.02. The van der Waals surface area contributed by atoms with E-state index in [1.807, 2.05) is 0 Å². The zero-order chi connectivity index (χ0) is 10.1. The van der Waals surface area contributed by atoms with Crippen LogP contribution in [0.5, 0.6) is 0 Å². The highest BCUT2D eigenvalue weighted by molar-refractivity contribution is 7.70. The molecule has 68 valence electrons. The van der Waals surface area contributed by atoms with Gasteiger partial charge in [-0.25, -0.2) is 4.85 Å². The van der Waals surface area contributed by atoms with Crippen LogP contribution < -0.4 is 11.0 Å². The molecule has 0 aliphatic carbocycles. The molecule has 0 spiro atoms. The number of nitrogen functional groups attached to an aromatic ring is 1. The van der Waals surface area contributed by atoms with Crippen LogP contribution in [0, 0.1) is 6.57 Å². The second kappa shape index (κ2) is 3.24. The first-order chi connectivity index (χ1) is 5.95. The van der Waals surface area contributed by atoms with Crippen molar-refractivity contribution in [1.29, 1.82) is 0 Å². The van der Waals surface area contributed by atoms with Gasteiger partial charge < -0.3 is 10.3 Å². The summed E-state index contributed by atoms with van der Waals surface area (Å²) in [6.07, 6.45) is 0. The van der Waals surface area contributed by atoms with E-state index in [0.29, 0.717) is 16.7 Å². The van der Waals surface area contributed by atoms with Crippen molar-refractivity contribution in [3.8, 4) is 0 Å². The molecule has 0 bridgehead atoms. The Kier molecular flexibility index (Phi) is 2.45. The Morgan fingerprint density at radius 3 is 2.54 bits per heavy atom. The van der Waals surface area contributed by atoms with Crippen LogP contribution in [0.15, 0.2) is 18.2 Å². The van der Waals surface area contributed by atoms with Gasteiger partial charge in [0.1, 0.15) is 7.14 Å². The van der Waals surface area contributed by atoms with Gasteiger partial charge in [0.2, 0.25) is 5.69 Å². The summed E-state index contributed by atoms with van der Waals surface area (Å²) in [5.74, 6) is 0. The molecule has 0 aliphatic heterocycles. The van der Waals surface area contributed by atoms with Crippen molar-refractivity contribution in [2.24, 2.45) is 0 Å². The Balaban J connectivity index is 3.32. The zero-order valence-electron chi connectivity index (χ0n) is 7.61. The fourth-order valence-corrected chi connectivity index (χ4v) is 1.83. The van der Waals surface area contributed by atoms with Crippen molar-refractivity contribution >= 4 is 23.8 Å². The first-order valence-corrected chi connectivity index (χ1v) is 6.38. The van der Waals surface area contributed by atoms with Gasteiger partial charge in [0.15, 0.2) is 0 Å². The summed E-state index contributed by atoms with van der Waals surface area (Å²) in [7, 11) is -2.28. The summed E-state index contributed by atoms with van der Waals surface area (Å²) < 4.78 is 11.7. The molecule has 0 amide bonds. The maximum atomic E-state index is 11.7. The van der Waals surface area contributed by atoms with Crippen LogP contribution >= 0.6 is 7.14 Å². The Labute approximate surface area is 77.8 Å². The number of hydrogen-bond acceptors (Lipinski definition) is 2. The molecule has 0 fully saturated rings. The molecule has 13 heavy (non-hydrogen) atoms. The molecule has 0 heterocycles. The smallest absolute Gasteiger partial charge is 0.210 e. The second-order valence-corrected chi connectivity index (χ2v) is 6.42. The highest BCUT2D eigenvalue weighted by Gasteiger charge is 2.12. The normalized spacial score (nSPS) is 10.8. The molecule has 0 aromatic heterocycles. The molecule has 0 radical (unpaired) electrons. The van der Waals surface area contributed by atoms with Crippen LogP contribution in [-0.4, -0.2) is 13.3 Å². The molecule has 1 aromatic rings. The largest absolute Gasteiger partial charge is 0.407 e. The summed E-state index contributed by atoms with van der Waals surface area (Å²) in [5, 5.41) is 0.702. The van der Waals surface area contributed by atoms with Crippen LogP contribution in [0.25, 0.3) is 4.85 Å². The van der Waals surface area contributed by atoms with E-state index in [2.05, 4.69) is 4.85 Å². The van der Waals surface area contributed by atoms with Crippen molar-refractivity contribution in [2.75, 3.05) is 19.1 Å². The first-order valence-electron chi connectivity index (χ1n) is 3.77. The summed E-state index contributed by atoms with van der Waals surface area (Å²) in [6.45, 7) is 10.2. The average molecular weight is 194 g/mol. The minimum absolute atomic E-state index is 0.376. The van der Waals surface area contributed by atoms with E-state index in [1.54, 1.807) is 31.5 Å². The number of nitrogens with zero attached hydrogens (tertiary/aromatic N) is 1.